The molecular formula is C29H29N3O5. The molecule has 0 aromatic heterocycles. The lowest BCUT2D eigenvalue weighted by molar-refractivity contribution is -0.139. The molecule has 3 aromatic carbocycles. The van der Waals surface area contributed by atoms with Crippen LogP contribution < -0.4 is 15.4 Å². The van der Waals surface area contributed by atoms with E-state index in [9.17, 15) is 19.6 Å². The van der Waals surface area contributed by atoms with Crippen LogP contribution in [0.15, 0.2) is 78.9 Å². The number of aliphatic carboxylic acids is 1. The molecule has 1 atom stereocenters. The quantitative estimate of drug-likeness (QED) is 0.309. The van der Waals surface area contributed by atoms with Crippen molar-refractivity contribution in [3.05, 3.63) is 101 Å². The summed E-state index contributed by atoms with van der Waals surface area (Å²) in [4.78, 5) is 36.6. The topological polar surface area (TPSA) is 129 Å². The van der Waals surface area contributed by atoms with Gasteiger partial charge in [0.25, 0.3) is 5.91 Å². The molecule has 3 rings (SSSR count). The average Bonchev–Trinajstić information content (AvgIpc) is 2.92. The second-order valence-electron chi connectivity index (χ2n) is 8.45. The largest absolute Gasteiger partial charge is 0.481 e. The molecule has 0 fully saturated rings. The van der Waals surface area contributed by atoms with E-state index in [4.69, 9.17) is 9.84 Å². The van der Waals surface area contributed by atoms with Gasteiger partial charge in [-0.05, 0) is 54.7 Å². The molecule has 8 nitrogen and oxygen atoms in total. The van der Waals surface area contributed by atoms with Crippen molar-refractivity contribution in [1.29, 1.82) is 5.26 Å². The SMILES string of the molecule is N#Cc1cc(CC(NC(=O)c2ccccc2)C(=O)NCCCCc2ccccc2)ccc1OCC(=O)O. The fourth-order valence-corrected chi connectivity index (χ4v) is 3.77. The predicted octanol–water partition coefficient (Wildman–Crippen LogP) is 3.50. The monoisotopic (exact) mass is 499 g/mol. The van der Waals surface area contributed by atoms with Crippen molar-refractivity contribution in [2.45, 2.75) is 31.7 Å². The molecule has 1 unspecified atom stereocenters. The number of nitrogens with one attached hydrogen (secondary N) is 2. The summed E-state index contributed by atoms with van der Waals surface area (Å²) in [5, 5.41) is 24.0. The highest BCUT2D eigenvalue weighted by molar-refractivity contribution is 5.97. The first kappa shape index (κ1) is 27.0. The van der Waals surface area contributed by atoms with Gasteiger partial charge in [0.1, 0.15) is 17.9 Å². The summed E-state index contributed by atoms with van der Waals surface area (Å²) >= 11 is 0. The van der Waals surface area contributed by atoms with Crippen molar-refractivity contribution >= 4 is 17.8 Å². The molecule has 0 spiro atoms. The number of nitriles is 1. The summed E-state index contributed by atoms with van der Waals surface area (Å²) in [5.74, 6) is -1.72. The Hall–Kier alpha value is -4.64. The lowest BCUT2D eigenvalue weighted by Gasteiger charge is -2.19. The molecule has 3 N–H and O–H groups in total. The summed E-state index contributed by atoms with van der Waals surface area (Å²) in [7, 11) is 0. The van der Waals surface area contributed by atoms with Crippen LogP contribution in [-0.2, 0) is 22.4 Å². The van der Waals surface area contributed by atoms with Crippen LogP contribution in [0, 0.1) is 11.3 Å². The zero-order chi connectivity index (χ0) is 26.5. The smallest absolute Gasteiger partial charge is 0.341 e. The minimum absolute atomic E-state index is 0.140. The number of hydrogen-bond acceptors (Lipinski definition) is 5. The maximum absolute atomic E-state index is 13.1. The van der Waals surface area contributed by atoms with E-state index in [1.807, 2.05) is 24.3 Å². The van der Waals surface area contributed by atoms with Crippen LogP contribution in [0.1, 0.15) is 39.9 Å². The van der Waals surface area contributed by atoms with E-state index in [-0.39, 0.29) is 29.5 Å². The van der Waals surface area contributed by atoms with Crippen molar-refractivity contribution in [2.75, 3.05) is 13.2 Å². The molecule has 0 aliphatic carbocycles. The normalized spacial score (nSPS) is 11.1. The van der Waals surface area contributed by atoms with E-state index in [1.165, 1.54) is 17.7 Å². The van der Waals surface area contributed by atoms with Crippen LogP contribution >= 0.6 is 0 Å². The minimum Gasteiger partial charge on any atom is -0.481 e. The highest BCUT2D eigenvalue weighted by Crippen LogP contribution is 2.20. The highest BCUT2D eigenvalue weighted by Gasteiger charge is 2.22. The van der Waals surface area contributed by atoms with Crippen LogP contribution in [0.2, 0.25) is 0 Å². The van der Waals surface area contributed by atoms with E-state index >= 15 is 0 Å². The van der Waals surface area contributed by atoms with E-state index in [0.717, 1.165) is 19.3 Å². The van der Waals surface area contributed by atoms with Gasteiger partial charge in [-0.1, -0.05) is 54.6 Å². The number of carbonyl (C=O) groups excluding carboxylic acids is 2. The van der Waals surface area contributed by atoms with E-state index in [1.54, 1.807) is 36.4 Å². The lowest BCUT2D eigenvalue weighted by atomic mass is 10.0. The molecule has 0 bridgehead atoms. The molecule has 8 heteroatoms. The number of nitrogens with zero attached hydrogens (tertiary/aromatic N) is 1. The number of ether oxygens (including phenoxy) is 1. The van der Waals surface area contributed by atoms with Crippen molar-refractivity contribution in [2.24, 2.45) is 0 Å². The first-order chi connectivity index (χ1) is 18.0. The molecule has 2 amide bonds. The molecule has 0 aliphatic rings. The Morgan fingerprint density at radius 2 is 1.62 bits per heavy atom. The second-order valence-corrected chi connectivity index (χ2v) is 8.45. The molecule has 37 heavy (non-hydrogen) atoms. The summed E-state index contributed by atoms with van der Waals surface area (Å²) in [6.07, 6.45) is 2.75. The number of rotatable bonds is 13. The fraction of sp³-hybridized carbons (Fsp3) is 0.241. The van der Waals surface area contributed by atoms with Gasteiger partial charge in [0.15, 0.2) is 6.61 Å². The molecule has 0 radical (unpaired) electrons. The number of carboxylic acids is 1. The van der Waals surface area contributed by atoms with Crippen LogP contribution in [-0.4, -0.2) is 42.1 Å². The van der Waals surface area contributed by atoms with Crippen LogP contribution in [0.3, 0.4) is 0 Å². The molecule has 0 aliphatic heterocycles. The van der Waals surface area contributed by atoms with E-state index < -0.39 is 18.6 Å². The van der Waals surface area contributed by atoms with Crippen molar-refractivity contribution < 1.29 is 24.2 Å². The van der Waals surface area contributed by atoms with Crippen molar-refractivity contribution in [3.8, 4) is 11.8 Å². The number of unbranched alkanes of at least 4 members (excludes halogenated alkanes) is 1. The molecular weight excluding hydrogens is 470 g/mol. The van der Waals surface area contributed by atoms with Crippen LogP contribution in [0.5, 0.6) is 5.75 Å². The van der Waals surface area contributed by atoms with Gasteiger partial charge in [-0.15, -0.1) is 0 Å². The maximum atomic E-state index is 13.1. The first-order valence-corrected chi connectivity index (χ1v) is 12.0. The number of amides is 2. The third kappa shape index (κ3) is 8.82. The zero-order valence-electron chi connectivity index (χ0n) is 20.4. The molecule has 0 saturated carbocycles. The van der Waals surface area contributed by atoms with Gasteiger partial charge >= 0.3 is 5.97 Å². The predicted molar refractivity (Wildman–Crippen MR) is 138 cm³/mol. The molecule has 0 heterocycles. The van der Waals surface area contributed by atoms with Gasteiger partial charge in [0.05, 0.1) is 5.56 Å². The number of aryl methyl sites for hydroxylation is 1. The van der Waals surface area contributed by atoms with Gasteiger partial charge in [-0.25, -0.2) is 4.79 Å². The van der Waals surface area contributed by atoms with E-state index in [2.05, 4.69) is 22.8 Å². The number of benzene rings is 3. The number of hydrogen-bond donors (Lipinski definition) is 3. The summed E-state index contributed by atoms with van der Waals surface area (Å²) < 4.78 is 5.16. The Morgan fingerprint density at radius 3 is 2.30 bits per heavy atom. The van der Waals surface area contributed by atoms with Gasteiger partial charge in [0, 0.05) is 18.5 Å². The fourth-order valence-electron chi connectivity index (χ4n) is 3.77. The third-order valence-corrected chi connectivity index (χ3v) is 5.65. The Kier molecular flexibility index (Phi) is 10.2. The molecule has 190 valence electrons. The number of carboxylic acid groups (broad SMARTS) is 1. The van der Waals surface area contributed by atoms with E-state index in [0.29, 0.717) is 17.7 Å². The Balaban J connectivity index is 1.65. The first-order valence-electron chi connectivity index (χ1n) is 12.0. The van der Waals surface area contributed by atoms with Crippen molar-refractivity contribution in [3.63, 3.8) is 0 Å². The molecule has 3 aromatic rings. The summed E-state index contributed by atoms with van der Waals surface area (Å²) in [6.45, 7) is -0.106. The van der Waals surface area contributed by atoms with Crippen LogP contribution in [0.25, 0.3) is 0 Å². The number of carbonyl (C=O) groups is 3. The van der Waals surface area contributed by atoms with Gasteiger partial charge in [-0.3, -0.25) is 9.59 Å². The van der Waals surface area contributed by atoms with Crippen molar-refractivity contribution in [1.82, 2.24) is 10.6 Å². The highest BCUT2D eigenvalue weighted by atomic mass is 16.5. The average molecular weight is 500 g/mol. The Labute approximate surface area is 215 Å². The molecule has 0 saturated heterocycles. The Morgan fingerprint density at radius 1 is 0.919 bits per heavy atom. The summed E-state index contributed by atoms with van der Waals surface area (Å²) in [5.41, 5.74) is 2.44. The maximum Gasteiger partial charge on any atom is 0.341 e. The standard InChI is InChI=1S/C29H29N3O5/c30-19-24-17-22(14-15-26(24)37-20-27(33)34)18-25(32-28(35)23-12-5-2-6-13-23)29(36)31-16-8-7-11-21-9-3-1-4-10-21/h1-6,9-10,12-15,17,25H,7-8,11,16,18,20H2,(H,31,36)(H,32,35)(H,33,34). The second kappa shape index (κ2) is 14.0. The van der Waals surface area contributed by atoms with Gasteiger partial charge in [-0.2, -0.15) is 5.26 Å². The lowest BCUT2D eigenvalue weighted by Crippen LogP contribution is -2.48. The summed E-state index contributed by atoms with van der Waals surface area (Å²) in [6, 6.07) is 24.5. The zero-order valence-corrected chi connectivity index (χ0v) is 20.4. The van der Waals surface area contributed by atoms with Crippen LogP contribution in [0.4, 0.5) is 0 Å². The third-order valence-electron chi connectivity index (χ3n) is 5.65. The minimum atomic E-state index is -1.16. The van der Waals surface area contributed by atoms with Gasteiger partial charge < -0.3 is 20.5 Å². The van der Waals surface area contributed by atoms with Gasteiger partial charge in [0.2, 0.25) is 5.91 Å². The Bertz CT molecular complexity index is 1240.